The Labute approximate surface area is 220 Å². The highest BCUT2D eigenvalue weighted by Gasteiger charge is 2.46. The van der Waals surface area contributed by atoms with Crippen molar-refractivity contribution in [2.24, 2.45) is 0 Å². The summed E-state index contributed by atoms with van der Waals surface area (Å²) in [7, 11) is 5.40. The predicted molar refractivity (Wildman–Crippen MR) is 141 cm³/mol. The van der Waals surface area contributed by atoms with Gasteiger partial charge in [0.2, 0.25) is 0 Å². The van der Waals surface area contributed by atoms with Crippen LogP contribution in [-0.2, 0) is 16.9 Å². The summed E-state index contributed by atoms with van der Waals surface area (Å²) in [6.45, 7) is 4.22. The summed E-state index contributed by atoms with van der Waals surface area (Å²) in [6, 6.07) is 11.2. The number of benzene rings is 1. The maximum absolute atomic E-state index is 12.1. The van der Waals surface area contributed by atoms with Gasteiger partial charge in [-0.1, -0.05) is 6.07 Å². The first-order valence-corrected chi connectivity index (χ1v) is 12.6. The van der Waals surface area contributed by atoms with E-state index in [1.807, 2.05) is 31.3 Å². The van der Waals surface area contributed by atoms with Crippen molar-refractivity contribution in [3.63, 3.8) is 0 Å². The Balaban J connectivity index is 0.000000190. The highest BCUT2D eigenvalue weighted by molar-refractivity contribution is 6.07. The van der Waals surface area contributed by atoms with Crippen LogP contribution in [0.25, 0.3) is 11.1 Å². The van der Waals surface area contributed by atoms with E-state index < -0.39 is 17.5 Å². The van der Waals surface area contributed by atoms with E-state index >= 15 is 0 Å². The molecule has 3 aromatic rings. The van der Waals surface area contributed by atoms with E-state index in [0.717, 1.165) is 48.6 Å². The number of aromatic nitrogens is 1. The summed E-state index contributed by atoms with van der Waals surface area (Å²) in [6.07, 6.45) is 2.16. The Kier molecular flexibility index (Phi) is 6.70. The quantitative estimate of drug-likeness (QED) is 0.447. The normalized spacial score (nSPS) is 21.2. The lowest BCUT2D eigenvalue weighted by Crippen LogP contribution is -2.41. The molecule has 0 saturated carbocycles. The van der Waals surface area contributed by atoms with Crippen LogP contribution in [0.15, 0.2) is 40.8 Å². The number of pyridine rings is 1. The monoisotopic (exact) mass is 520 g/mol. The number of nitrogens with zero attached hydrogens (tertiary/aromatic N) is 3. The lowest BCUT2D eigenvalue weighted by molar-refractivity contribution is -0.124. The zero-order chi connectivity index (χ0) is 27.0. The molecule has 11 nitrogen and oxygen atoms in total. The number of urea groups is 1. The average molecular weight is 521 g/mol. The molecule has 2 fully saturated rings. The van der Waals surface area contributed by atoms with Gasteiger partial charge in [-0.15, -0.1) is 0 Å². The number of fused-ring (bicyclic) bond motifs is 2. The van der Waals surface area contributed by atoms with Gasteiger partial charge in [0.1, 0.15) is 22.8 Å². The molecule has 2 saturated heterocycles. The summed E-state index contributed by atoms with van der Waals surface area (Å²) >= 11 is 0. The minimum Gasteiger partial charge on any atom is -0.497 e. The molecule has 0 bridgehead atoms. The Morgan fingerprint density at radius 1 is 1.13 bits per heavy atom. The summed E-state index contributed by atoms with van der Waals surface area (Å²) in [5.41, 5.74) is 1.91. The van der Waals surface area contributed by atoms with Crippen molar-refractivity contribution in [1.82, 2.24) is 25.8 Å². The fraction of sp³-hybridized carbons (Fsp3) is 0.407. The van der Waals surface area contributed by atoms with Crippen LogP contribution in [-0.4, -0.2) is 68.1 Å². The number of hydrogen-bond acceptors (Lipinski definition) is 8. The topological polar surface area (TPSA) is 129 Å². The second-order valence-electron chi connectivity index (χ2n) is 9.93. The van der Waals surface area contributed by atoms with Crippen molar-refractivity contribution < 1.29 is 23.5 Å². The first-order valence-electron chi connectivity index (χ1n) is 12.6. The number of nitrogens with one attached hydrogen (secondary N) is 3. The van der Waals surface area contributed by atoms with Crippen LogP contribution < -0.4 is 25.6 Å². The van der Waals surface area contributed by atoms with E-state index in [2.05, 4.69) is 25.8 Å². The van der Waals surface area contributed by atoms with Gasteiger partial charge >= 0.3 is 6.03 Å². The lowest BCUT2D eigenvalue weighted by Gasteiger charge is -2.32. The van der Waals surface area contributed by atoms with Crippen molar-refractivity contribution in [2.75, 3.05) is 39.2 Å². The van der Waals surface area contributed by atoms with E-state index in [0.29, 0.717) is 29.4 Å². The van der Waals surface area contributed by atoms with Gasteiger partial charge in [0.15, 0.2) is 11.1 Å². The molecule has 3 N–H and O–H groups in total. The van der Waals surface area contributed by atoms with Gasteiger partial charge in [-0.25, -0.2) is 9.78 Å². The summed E-state index contributed by atoms with van der Waals surface area (Å²) in [5.74, 6) is 1.67. The van der Waals surface area contributed by atoms with Crippen molar-refractivity contribution >= 4 is 34.8 Å². The SMILES string of the molecule is CNC1CCN(c2ccc3oc(C4(C)NC(=O)NC4=O)cc3n2)CC1.COc1ccc2c(c1)C(=O)N(C)C2. The van der Waals surface area contributed by atoms with Gasteiger partial charge in [0.25, 0.3) is 11.8 Å². The molecule has 38 heavy (non-hydrogen) atoms. The largest absolute Gasteiger partial charge is 0.497 e. The molecule has 6 rings (SSSR count). The third-order valence-corrected chi connectivity index (χ3v) is 7.43. The van der Waals surface area contributed by atoms with Crippen LogP contribution >= 0.6 is 0 Å². The van der Waals surface area contributed by atoms with E-state index in [-0.39, 0.29) is 5.91 Å². The van der Waals surface area contributed by atoms with Crippen LogP contribution in [0.1, 0.15) is 41.4 Å². The van der Waals surface area contributed by atoms with Gasteiger partial charge in [0.05, 0.1) is 7.11 Å². The Bertz CT molecular complexity index is 1400. The van der Waals surface area contributed by atoms with Crippen molar-refractivity contribution in [3.8, 4) is 5.75 Å². The van der Waals surface area contributed by atoms with Crippen LogP contribution in [0.5, 0.6) is 5.75 Å². The number of carbonyl (C=O) groups is 3. The van der Waals surface area contributed by atoms with Crippen LogP contribution in [0.3, 0.4) is 0 Å². The third-order valence-electron chi connectivity index (χ3n) is 7.43. The number of ether oxygens (including phenoxy) is 1. The molecule has 3 aliphatic rings. The van der Waals surface area contributed by atoms with Gasteiger partial charge in [-0.05, 0) is 56.6 Å². The third kappa shape index (κ3) is 4.65. The maximum atomic E-state index is 12.1. The molecule has 5 heterocycles. The number of rotatable bonds is 4. The first-order chi connectivity index (χ1) is 18.2. The number of methoxy groups -OCH3 is 1. The molecule has 4 amide bonds. The van der Waals surface area contributed by atoms with E-state index in [4.69, 9.17) is 9.15 Å². The zero-order valence-corrected chi connectivity index (χ0v) is 22.0. The van der Waals surface area contributed by atoms with Crippen LogP contribution in [0.4, 0.5) is 10.6 Å². The molecule has 11 heteroatoms. The lowest BCUT2D eigenvalue weighted by atomic mass is 10.00. The molecule has 0 spiro atoms. The number of carbonyl (C=O) groups excluding carboxylic acids is 3. The summed E-state index contributed by atoms with van der Waals surface area (Å²) in [5, 5.41) is 8.17. The Morgan fingerprint density at radius 3 is 2.55 bits per heavy atom. The second kappa shape index (κ2) is 9.97. The van der Waals surface area contributed by atoms with Gasteiger partial charge in [0, 0.05) is 44.4 Å². The molecule has 200 valence electrons. The molecule has 3 aliphatic heterocycles. The molecular weight excluding hydrogens is 488 g/mol. The highest BCUT2D eigenvalue weighted by Crippen LogP contribution is 2.31. The Hall–Kier alpha value is -4.12. The fourth-order valence-electron chi connectivity index (χ4n) is 5.00. The molecular formula is C27H32N6O5. The predicted octanol–water partition coefficient (Wildman–Crippen LogP) is 2.35. The average Bonchev–Trinajstić information content (AvgIpc) is 3.57. The molecule has 1 unspecified atom stereocenters. The zero-order valence-electron chi connectivity index (χ0n) is 22.0. The van der Waals surface area contributed by atoms with Gasteiger partial charge in [-0.3, -0.25) is 14.9 Å². The number of hydrogen-bond donors (Lipinski definition) is 3. The number of anilines is 1. The van der Waals surface area contributed by atoms with Gasteiger partial charge in [-0.2, -0.15) is 0 Å². The first kappa shape index (κ1) is 25.5. The number of amides is 4. The van der Waals surface area contributed by atoms with Crippen LogP contribution in [0, 0.1) is 0 Å². The molecule has 0 aliphatic carbocycles. The van der Waals surface area contributed by atoms with E-state index in [9.17, 15) is 14.4 Å². The second-order valence-corrected chi connectivity index (χ2v) is 9.93. The number of imide groups is 1. The summed E-state index contributed by atoms with van der Waals surface area (Å²) in [4.78, 5) is 43.7. The Morgan fingerprint density at radius 2 is 1.89 bits per heavy atom. The van der Waals surface area contributed by atoms with Crippen molar-refractivity contribution in [1.29, 1.82) is 0 Å². The smallest absolute Gasteiger partial charge is 0.322 e. The van der Waals surface area contributed by atoms with E-state index in [1.165, 1.54) is 0 Å². The minimum absolute atomic E-state index is 0.0777. The summed E-state index contributed by atoms with van der Waals surface area (Å²) < 4.78 is 10.8. The van der Waals surface area contributed by atoms with Gasteiger partial charge < -0.3 is 29.6 Å². The van der Waals surface area contributed by atoms with Crippen LogP contribution in [0.2, 0.25) is 0 Å². The van der Waals surface area contributed by atoms with Crippen molar-refractivity contribution in [3.05, 3.63) is 53.3 Å². The van der Waals surface area contributed by atoms with Crippen molar-refractivity contribution in [2.45, 2.75) is 37.9 Å². The molecule has 1 atom stereocenters. The standard InChI is InChI=1S/C17H21N5O3.C10H11NO2/c1-17(15(23)20-16(24)21-17)13-9-11-12(25-13)3-4-14(19-11)22-7-5-10(18-2)6-8-22;1-11-6-7-3-4-8(13-2)5-9(7)10(11)12/h3-4,9-10,18H,5-8H2,1-2H3,(H2,20,21,23,24);3-5H,6H2,1-2H3. The van der Waals surface area contributed by atoms with E-state index in [1.54, 1.807) is 38.1 Å². The number of furan rings is 1. The molecule has 2 aromatic heterocycles. The fourth-order valence-corrected chi connectivity index (χ4v) is 5.00. The maximum Gasteiger partial charge on any atom is 0.322 e. The molecule has 1 aromatic carbocycles. The number of piperidine rings is 1. The molecule has 0 radical (unpaired) electrons. The minimum atomic E-state index is -1.21. The highest BCUT2D eigenvalue weighted by atomic mass is 16.5.